The number of benzene rings is 1. The van der Waals surface area contributed by atoms with Gasteiger partial charge in [-0.05, 0) is 51.7 Å². The van der Waals surface area contributed by atoms with Crippen LogP contribution in [-0.2, 0) is 20.6 Å². The fourth-order valence-corrected chi connectivity index (χ4v) is 5.61. The topological polar surface area (TPSA) is 154 Å². The quantitative estimate of drug-likeness (QED) is 0.199. The Hall–Kier alpha value is -1.59. The summed E-state index contributed by atoms with van der Waals surface area (Å²) in [6.07, 6.45) is -10.6. The van der Waals surface area contributed by atoms with Gasteiger partial charge in [0.25, 0.3) is 0 Å². The van der Waals surface area contributed by atoms with Gasteiger partial charge in [-0.3, -0.25) is 0 Å². The third kappa shape index (κ3) is 5.66. The molecule has 11 nitrogen and oxygen atoms in total. The van der Waals surface area contributed by atoms with Crippen LogP contribution in [0.4, 0.5) is 13.2 Å². The highest BCUT2D eigenvalue weighted by molar-refractivity contribution is 5.27. The van der Waals surface area contributed by atoms with Crippen LogP contribution >= 0.6 is 0 Å². The normalized spacial score (nSPS) is 41.3. The number of aliphatic hydroxyl groups excluding tert-OH is 2. The first-order chi connectivity index (χ1) is 17.8. The van der Waals surface area contributed by atoms with Crippen molar-refractivity contribution in [3.63, 3.8) is 0 Å². The fourth-order valence-electron chi connectivity index (χ4n) is 5.61. The molecular weight excluding hydrogens is 515 g/mol. The highest BCUT2D eigenvalue weighted by atomic mass is 19.4. The summed E-state index contributed by atoms with van der Waals surface area (Å²) in [5.41, 5.74) is -1.14. The number of nitrogens with one attached hydrogen (secondary N) is 3. The van der Waals surface area contributed by atoms with Crippen molar-refractivity contribution in [2.45, 2.75) is 86.4 Å². The molecule has 0 radical (unpaired) electrons. The summed E-state index contributed by atoms with van der Waals surface area (Å²) in [6.45, 7) is 1.90. The van der Waals surface area contributed by atoms with E-state index in [1.165, 1.54) is 24.3 Å². The molecule has 1 aromatic rings. The molecule has 1 saturated carbocycles. The molecule has 1 unspecified atom stereocenters. The SMILES string of the molecule is CN[C@@H]1[C@H](O)[C@H](NC)[C@H]2O[C@]3(O)[C@H](OC2[C@H]1O)O[C@H](C)C[C@@]3(O)CNCCc1ccc(OC(F)(F)F)cc1. The maximum atomic E-state index is 12.3. The first-order valence-corrected chi connectivity index (χ1v) is 12.5. The van der Waals surface area contributed by atoms with Crippen LogP contribution < -0.4 is 20.7 Å². The monoisotopic (exact) mass is 551 g/mol. The smallest absolute Gasteiger partial charge is 0.406 e. The van der Waals surface area contributed by atoms with Crippen molar-refractivity contribution < 1.29 is 52.5 Å². The van der Waals surface area contributed by atoms with Crippen molar-refractivity contribution in [2.24, 2.45) is 0 Å². The summed E-state index contributed by atoms with van der Waals surface area (Å²) in [5.74, 6) is -2.65. The van der Waals surface area contributed by atoms with E-state index >= 15 is 0 Å². The van der Waals surface area contributed by atoms with Crippen molar-refractivity contribution in [3.05, 3.63) is 29.8 Å². The third-order valence-electron chi connectivity index (χ3n) is 7.51. The molecular formula is C24H36F3N3O8. The predicted octanol–water partition coefficient (Wildman–Crippen LogP) is -1.03. The molecule has 3 aliphatic rings. The van der Waals surface area contributed by atoms with Crippen LogP contribution in [0.1, 0.15) is 18.9 Å². The Morgan fingerprint density at radius 2 is 1.66 bits per heavy atom. The largest absolute Gasteiger partial charge is 0.573 e. The molecule has 2 saturated heterocycles. The van der Waals surface area contributed by atoms with Gasteiger partial charge >= 0.3 is 6.36 Å². The van der Waals surface area contributed by atoms with Crippen molar-refractivity contribution in [2.75, 3.05) is 27.2 Å². The molecule has 14 heteroatoms. The number of aliphatic hydroxyl groups is 4. The number of fused-ring (bicyclic) bond motifs is 2. The molecule has 0 amide bonds. The molecule has 2 aliphatic heterocycles. The molecule has 4 rings (SSSR count). The average Bonchev–Trinajstić information content (AvgIpc) is 2.83. The lowest BCUT2D eigenvalue weighted by Crippen LogP contribution is -2.81. The number of rotatable bonds is 8. The van der Waals surface area contributed by atoms with Gasteiger partial charge in [0.2, 0.25) is 12.1 Å². The van der Waals surface area contributed by atoms with E-state index in [0.29, 0.717) is 13.0 Å². The Morgan fingerprint density at radius 1 is 1.00 bits per heavy atom. The summed E-state index contributed by atoms with van der Waals surface area (Å²) < 4.78 is 58.7. The summed E-state index contributed by atoms with van der Waals surface area (Å²) in [4.78, 5) is 0. The number of likely N-dealkylation sites (N-methyl/N-ethyl adjacent to an activating group) is 2. The molecule has 2 heterocycles. The van der Waals surface area contributed by atoms with Crippen molar-refractivity contribution in [1.82, 2.24) is 16.0 Å². The summed E-state index contributed by atoms with van der Waals surface area (Å²) in [6, 6.07) is 3.97. The van der Waals surface area contributed by atoms with Crippen LogP contribution in [0.15, 0.2) is 24.3 Å². The molecule has 216 valence electrons. The van der Waals surface area contributed by atoms with Crippen LogP contribution in [0, 0.1) is 0 Å². The Labute approximate surface area is 218 Å². The maximum Gasteiger partial charge on any atom is 0.573 e. The highest BCUT2D eigenvalue weighted by Gasteiger charge is 2.68. The van der Waals surface area contributed by atoms with E-state index in [4.69, 9.17) is 14.2 Å². The second-order valence-corrected chi connectivity index (χ2v) is 10.1. The van der Waals surface area contributed by atoms with Gasteiger partial charge in [-0.15, -0.1) is 13.2 Å². The fraction of sp³-hybridized carbons (Fsp3) is 0.750. The van der Waals surface area contributed by atoms with Crippen LogP contribution in [0.2, 0.25) is 0 Å². The zero-order chi connectivity index (χ0) is 27.9. The second-order valence-electron chi connectivity index (χ2n) is 10.1. The van der Waals surface area contributed by atoms with Crippen molar-refractivity contribution in [1.29, 1.82) is 0 Å². The zero-order valence-corrected chi connectivity index (χ0v) is 21.3. The van der Waals surface area contributed by atoms with Crippen LogP contribution in [0.25, 0.3) is 0 Å². The minimum absolute atomic E-state index is 0.00824. The van der Waals surface area contributed by atoms with E-state index in [2.05, 4.69) is 20.7 Å². The minimum Gasteiger partial charge on any atom is -0.406 e. The molecule has 7 N–H and O–H groups in total. The summed E-state index contributed by atoms with van der Waals surface area (Å²) >= 11 is 0. The third-order valence-corrected chi connectivity index (χ3v) is 7.51. The Bertz CT molecular complexity index is 943. The standard InChI is InChI=1S/C24H36F3N3O8/c1-12-10-22(33,11-30-9-8-13-4-6-14(7-5-13)37-24(25,26)27)23(34)21(35-12)36-20-18(32)15(28-2)17(31)16(29-3)19(20)38-23/h4-7,12,15-21,28-34H,8-11H2,1-3H3/t12-,15-,16+,17+,18+,19-,20?,21+,22-,23-/m1/s1. The van der Waals surface area contributed by atoms with Gasteiger partial charge in [0.05, 0.1) is 24.3 Å². The number of hydrogen-bond acceptors (Lipinski definition) is 11. The van der Waals surface area contributed by atoms with E-state index in [1.807, 2.05) is 0 Å². The molecule has 1 aromatic carbocycles. The lowest BCUT2D eigenvalue weighted by molar-refractivity contribution is -0.482. The molecule has 10 atom stereocenters. The molecule has 3 fully saturated rings. The van der Waals surface area contributed by atoms with Crippen LogP contribution in [0.3, 0.4) is 0 Å². The molecule has 0 spiro atoms. The number of ether oxygens (including phenoxy) is 4. The van der Waals surface area contributed by atoms with Gasteiger partial charge in [0.1, 0.15) is 29.7 Å². The van der Waals surface area contributed by atoms with Gasteiger partial charge in [-0.2, -0.15) is 0 Å². The number of halogens is 3. The minimum atomic E-state index is -4.77. The maximum absolute atomic E-state index is 12.3. The highest BCUT2D eigenvalue weighted by Crippen LogP contribution is 2.46. The van der Waals surface area contributed by atoms with Gasteiger partial charge in [0.15, 0.2) is 0 Å². The van der Waals surface area contributed by atoms with E-state index in [0.717, 1.165) is 5.56 Å². The molecule has 0 aromatic heterocycles. The van der Waals surface area contributed by atoms with Gasteiger partial charge < -0.3 is 55.3 Å². The van der Waals surface area contributed by atoms with E-state index in [-0.39, 0.29) is 18.7 Å². The average molecular weight is 552 g/mol. The Balaban J connectivity index is 1.43. The van der Waals surface area contributed by atoms with Crippen LogP contribution in [0.5, 0.6) is 5.75 Å². The second kappa shape index (κ2) is 11.1. The van der Waals surface area contributed by atoms with Crippen molar-refractivity contribution >= 4 is 0 Å². The Kier molecular flexibility index (Phi) is 8.60. The van der Waals surface area contributed by atoms with Crippen LogP contribution in [-0.4, -0.2) is 114 Å². The first kappa shape index (κ1) is 29.4. The molecule has 38 heavy (non-hydrogen) atoms. The summed E-state index contributed by atoms with van der Waals surface area (Å²) in [5, 5.41) is 53.8. The van der Waals surface area contributed by atoms with E-state index < -0.39 is 66.6 Å². The molecule has 1 aliphatic carbocycles. The zero-order valence-electron chi connectivity index (χ0n) is 21.3. The Morgan fingerprint density at radius 3 is 2.26 bits per heavy atom. The van der Waals surface area contributed by atoms with Gasteiger partial charge in [0, 0.05) is 13.0 Å². The predicted molar refractivity (Wildman–Crippen MR) is 126 cm³/mol. The van der Waals surface area contributed by atoms with Gasteiger partial charge in [-0.25, -0.2) is 0 Å². The lowest BCUT2D eigenvalue weighted by Gasteiger charge is -2.60. The van der Waals surface area contributed by atoms with E-state index in [9.17, 15) is 33.6 Å². The van der Waals surface area contributed by atoms with Crippen molar-refractivity contribution in [3.8, 4) is 5.75 Å². The van der Waals surface area contributed by atoms with Gasteiger partial charge in [-0.1, -0.05) is 12.1 Å². The number of alkyl halides is 3. The lowest BCUT2D eigenvalue weighted by atomic mass is 9.77. The van der Waals surface area contributed by atoms with E-state index in [1.54, 1.807) is 21.0 Å². The first-order valence-electron chi connectivity index (χ1n) is 12.5. The summed E-state index contributed by atoms with van der Waals surface area (Å²) in [7, 11) is 3.20. The molecule has 0 bridgehead atoms. The number of hydrogen-bond donors (Lipinski definition) is 7.